The van der Waals surface area contributed by atoms with Crippen molar-refractivity contribution in [1.82, 2.24) is 4.57 Å². The number of aromatic nitrogens is 1. The van der Waals surface area contributed by atoms with Gasteiger partial charge in [-0.25, -0.2) is 4.79 Å². The van der Waals surface area contributed by atoms with Gasteiger partial charge in [-0.3, -0.25) is 4.79 Å². The Balaban J connectivity index is 1.89. The molecule has 0 saturated carbocycles. The molecule has 136 valence electrons. The molecule has 0 atom stereocenters. The van der Waals surface area contributed by atoms with Crippen LogP contribution in [0.1, 0.15) is 32.4 Å². The number of nitrogens with zero attached hydrogens (tertiary/aromatic N) is 2. The number of ether oxygens (including phenoxy) is 1. The van der Waals surface area contributed by atoms with Crippen LogP contribution in [0.4, 0.5) is 11.4 Å². The number of nitrogens with one attached hydrogen (secondary N) is 1. The molecule has 8 nitrogen and oxygen atoms in total. The fourth-order valence-electron chi connectivity index (χ4n) is 2.57. The van der Waals surface area contributed by atoms with Crippen molar-refractivity contribution in [2.75, 3.05) is 18.2 Å². The van der Waals surface area contributed by atoms with E-state index in [0.29, 0.717) is 17.1 Å². The first kappa shape index (κ1) is 17.8. The molecule has 1 amide bonds. The van der Waals surface area contributed by atoms with E-state index in [4.69, 9.17) is 20.1 Å². The monoisotopic (exact) mass is 364 g/mol. The number of furan rings is 1. The molecule has 2 heterocycles. The first-order valence-electron chi connectivity index (χ1n) is 7.92. The highest BCUT2D eigenvalue weighted by molar-refractivity contribution is 6.02. The molecule has 0 radical (unpaired) electrons. The van der Waals surface area contributed by atoms with Gasteiger partial charge in [-0.1, -0.05) is 0 Å². The van der Waals surface area contributed by atoms with Crippen LogP contribution in [-0.2, 0) is 4.74 Å². The van der Waals surface area contributed by atoms with Crippen molar-refractivity contribution in [3.8, 4) is 11.8 Å². The minimum absolute atomic E-state index is 0.0509. The van der Waals surface area contributed by atoms with Gasteiger partial charge in [0, 0.05) is 17.6 Å². The van der Waals surface area contributed by atoms with Crippen LogP contribution in [0.3, 0.4) is 0 Å². The average Bonchev–Trinajstić information content (AvgIpc) is 3.25. The molecule has 8 heteroatoms. The molecule has 0 bridgehead atoms. The molecular weight excluding hydrogens is 348 g/mol. The fourth-order valence-corrected chi connectivity index (χ4v) is 2.57. The lowest BCUT2D eigenvalue weighted by Gasteiger charge is -2.10. The lowest BCUT2D eigenvalue weighted by atomic mass is 10.2. The zero-order valence-corrected chi connectivity index (χ0v) is 14.6. The Morgan fingerprint density at radius 3 is 2.48 bits per heavy atom. The smallest absolute Gasteiger partial charge is 0.357 e. The van der Waals surface area contributed by atoms with Gasteiger partial charge < -0.3 is 24.8 Å². The van der Waals surface area contributed by atoms with Crippen LogP contribution in [0, 0.1) is 18.3 Å². The maximum Gasteiger partial charge on any atom is 0.357 e. The van der Waals surface area contributed by atoms with E-state index >= 15 is 0 Å². The second-order valence-corrected chi connectivity index (χ2v) is 5.69. The molecule has 3 N–H and O–H groups in total. The minimum atomic E-state index is -0.653. The number of aryl methyl sites for hydroxylation is 1. The Morgan fingerprint density at radius 2 is 1.93 bits per heavy atom. The summed E-state index contributed by atoms with van der Waals surface area (Å²) in [5.74, 6) is -0.173. The summed E-state index contributed by atoms with van der Waals surface area (Å²) < 4.78 is 11.5. The van der Waals surface area contributed by atoms with E-state index in [1.807, 2.05) is 6.07 Å². The third-order valence-corrected chi connectivity index (χ3v) is 3.91. The van der Waals surface area contributed by atoms with Crippen molar-refractivity contribution in [1.29, 1.82) is 5.26 Å². The summed E-state index contributed by atoms with van der Waals surface area (Å²) in [7, 11) is 1.24. The molecular formula is C19H16N4O4. The molecule has 0 aliphatic carbocycles. The molecule has 0 aliphatic heterocycles. The summed E-state index contributed by atoms with van der Waals surface area (Å²) >= 11 is 0. The number of benzene rings is 1. The zero-order chi connectivity index (χ0) is 19.6. The predicted octanol–water partition coefficient (Wildman–Crippen LogP) is 2.87. The lowest BCUT2D eigenvalue weighted by molar-refractivity contribution is 0.0593. The number of nitrogen functional groups attached to an aromatic ring is 1. The van der Waals surface area contributed by atoms with E-state index in [1.54, 1.807) is 43.3 Å². The van der Waals surface area contributed by atoms with Gasteiger partial charge in [0.25, 0.3) is 5.91 Å². The number of anilines is 2. The maximum absolute atomic E-state index is 12.1. The number of carbonyl (C=O) groups excluding carboxylic acids is 2. The number of nitriles is 1. The van der Waals surface area contributed by atoms with Crippen molar-refractivity contribution >= 4 is 23.3 Å². The SMILES string of the molecule is COC(=O)c1c(N)c(C#N)cn1-c1ccc(NC(=O)c2ccc(C)o2)cc1. The second-order valence-electron chi connectivity index (χ2n) is 5.69. The number of carbonyl (C=O) groups is 2. The number of esters is 1. The summed E-state index contributed by atoms with van der Waals surface area (Å²) in [6.45, 7) is 1.75. The third kappa shape index (κ3) is 3.39. The fraction of sp³-hybridized carbons (Fsp3) is 0.105. The summed E-state index contributed by atoms with van der Waals surface area (Å²) in [6.07, 6.45) is 1.46. The van der Waals surface area contributed by atoms with E-state index in [0.717, 1.165) is 0 Å². The number of amides is 1. The number of methoxy groups -OCH3 is 1. The van der Waals surface area contributed by atoms with E-state index in [9.17, 15) is 9.59 Å². The molecule has 0 spiro atoms. The quantitative estimate of drug-likeness (QED) is 0.686. The molecule has 0 aliphatic rings. The van der Waals surface area contributed by atoms with Gasteiger partial charge in [0.05, 0.1) is 18.4 Å². The van der Waals surface area contributed by atoms with Crippen molar-refractivity contribution in [2.45, 2.75) is 6.92 Å². The minimum Gasteiger partial charge on any atom is -0.464 e. The standard InChI is InChI=1S/C19H16N4O4/c1-11-3-8-15(27-11)18(24)22-13-4-6-14(7-5-13)23-10-12(9-20)16(21)17(23)19(25)26-2/h3-8,10H,21H2,1-2H3,(H,22,24). The topological polar surface area (TPSA) is 123 Å². The van der Waals surface area contributed by atoms with Crippen molar-refractivity contribution in [3.05, 3.63) is 65.4 Å². The predicted molar refractivity (Wildman–Crippen MR) is 97.6 cm³/mol. The molecule has 0 fully saturated rings. The third-order valence-electron chi connectivity index (χ3n) is 3.91. The highest BCUT2D eigenvalue weighted by atomic mass is 16.5. The van der Waals surface area contributed by atoms with E-state index in [2.05, 4.69) is 5.32 Å². The number of nitrogens with two attached hydrogens (primary N) is 1. The molecule has 0 saturated heterocycles. The lowest BCUT2D eigenvalue weighted by Crippen LogP contribution is -2.12. The zero-order valence-electron chi connectivity index (χ0n) is 14.6. The van der Waals surface area contributed by atoms with Crippen LogP contribution in [0.5, 0.6) is 0 Å². The van der Waals surface area contributed by atoms with E-state index in [-0.39, 0.29) is 28.6 Å². The van der Waals surface area contributed by atoms with Crippen molar-refractivity contribution < 1.29 is 18.7 Å². The van der Waals surface area contributed by atoms with Crippen LogP contribution in [-0.4, -0.2) is 23.6 Å². The number of hydrogen-bond acceptors (Lipinski definition) is 6. The molecule has 2 aromatic heterocycles. The molecule has 1 aromatic carbocycles. The summed E-state index contributed by atoms with van der Waals surface area (Å²) in [5, 5.41) is 11.9. The van der Waals surface area contributed by atoms with Gasteiger partial charge in [0.2, 0.25) is 0 Å². The highest BCUT2D eigenvalue weighted by Gasteiger charge is 2.21. The largest absolute Gasteiger partial charge is 0.464 e. The molecule has 27 heavy (non-hydrogen) atoms. The first-order valence-corrected chi connectivity index (χ1v) is 7.92. The molecule has 3 rings (SSSR count). The summed E-state index contributed by atoms with van der Waals surface area (Å²) in [4.78, 5) is 24.2. The van der Waals surface area contributed by atoms with Crippen LogP contribution in [0.25, 0.3) is 5.69 Å². The van der Waals surface area contributed by atoms with E-state index < -0.39 is 5.97 Å². The van der Waals surface area contributed by atoms with Crippen molar-refractivity contribution in [3.63, 3.8) is 0 Å². The average molecular weight is 364 g/mol. The Hall–Kier alpha value is -3.99. The molecule has 0 unspecified atom stereocenters. The van der Waals surface area contributed by atoms with Gasteiger partial charge in [0.15, 0.2) is 11.5 Å². The normalized spacial score (nSPS) is 10.3. The maximum atomic E-state index is 12.1. The Morgan fingerprint density at radius 1 is 1.22 bits per heavy atom. The Kier molecular flexibility index (Phi) is 4.68. The van der Waals surface area contributed by atoms with Gasteiger partial charge in [-0.2, -0.15) is 5.26 Å². The number of rotatable bonds is 4. The Bertz CT molecular complexity index is 1050. The first-order chi connectivity index (χ1) is 12.9. The number of hydrogen-bond donors (Lipinski definition) is 2. The van der Waals surface area contributed by atoms with Crippen LogP contribution >= 0.6 is 0 Å². The molecule has 3 aromatic rings. The summed E-state index contributed by atoms with van der Waals surface area (Å²) in [6, 6.07) is 11.9. The van der Waals surface area contributed by atoms with Crippen molar-refractivity contribution in [2.24, 2.45) is 0 Å². The van der Waals surface area contributed by atoms with Gasteiger partial charge >= 0.3 is 5.97 Å². The van der Waals surface area contributed by atoms with Gasteiger partial charge in [-0.15, -0.1) is 0 Å². The Labute approximate surface area is 154 Å². The van der Waals surface area contributed by atoms with Gasteiger partial charge in [0.1, 0.15) is 11.8 Å². The van der Waals surface area contributed by atoms with Crippen LogP contribution in [0.2, 0.25) is 0 Å². The van der Waals surface area contributed by atoms with E-state index in [1.165, 1.54) is 17.9 Å². The van der Waals surface area contributed by atoms with Crippen LogP contribution in [0.15, 0.2) is 47.0 Å². The van der Waals surface area contributed by atoms with Gasteiger partial charge in [-0.05, 0) is 43.3 Å². The highest BCUT2D eigenvalue weighted by Crippen LogP contribution is 2.25. The second kappa shape index (κ2) is 7.09. The summed E-state index contributed by atoms with van der Waals surface area (Å²) in [5.41, 5.74) is 7.28. The van der Waals surface area contributed by atoms with Crippen LogP contribution < -0.4 is 11.1 Å².